The average molecular weight is 264 g/mol. The molecule has 0 heterocycles. The highest BCUT2D eigenvalue weighted by atomic mass is 16.4. The van der Waals surface area contributed by atoms with Crippen LogP contribution < -0.4 is 0 Å². The van der Waals surface area contributed by atoms with Gasteiger partial charge in [-0.1, -0.05) is 19.3 Å². The summed E-state index contributed by atoms with van der Waals surface area (Å²) in [7, 11) is 0. The van der Waals surface area contributed by atoms with E-state index >= 15 is 0 Å². The van der Waals surface area contributed by atoms with Gasteiger partial charge in [0.2, 0.25) is 0 Å². The second-order valence-corrected chi connectivity index (χ2v) is 7.32. The molecule has 0 unspecified atom stereocenters. The van der Waals surface area contributed by atoms with E-state index in [-0.39, 0.29) is 5.92 Å². The van der Waals surface area contributed by atoms with E-state index in [1.807, 2.05) is 0 Å². The van der Waals surface area contributed by atoms with E-state index in [1.54, 1.807) is 0 Å². The first-order valence-corrected chi connectivity index (χ1v) is 8.47. The Morgan fingerprint density at radius 1 is 0.632 bits per heavy atom. The molecule has 0 bridgehead atoms. The van der Waals surface area contributed by atoms with Gasteiger partial charge in [0.1, 0.15) is 0 Å². The number of carboxylic acid groups (broad SMARTS) is 1. The Kier molecular flexibility index (Phi) is 4.14. The third-order valence-electron chi connectivity index (χ3n) is 6.42. The predicted octanol–water partition coefficient (Wildman–Crippen LogP) is 4.48. The van der Waals surface area contributed by atoms with Crippen LogP contribution in [0.1, 0.15) is 70.6 Å². The predicted molar refractivity (Wildman–Crippen MR) is 75.9 cm³/mol. The van der Waals surface area contributed by atoms with Gasteiger partial charge in [0.05, 0.1) is 5.92 Å². The summed E-state index contributed by atoms with van der Waals surface area (Å²) in [5, 5.41) is 9.06. The summed E-state index contributed by atoms with van der Waals surface area (Å²) in [6, 6.07) is 0. The molecule has 3 rings (SSSR count). The number of rotatable bonds is 3. The molecule has 3 aliphatic rings. The van der Waals surface area contributed by atoms with Crippen LogP contribution in [0.3, 0.4) is 0 Å². The molecule has 2 nitrogen and oxygen atoms in total. The van der Waals surface area contributed by atoms with E-state index < -0.39 is 5.97 Å². The molecule has 0 aliphatic heterocycles. The van der Waals surface area contributed by atoms with Crippen LogP contribution in [0, 0.1) is 29.6 Å². The van der Waals surface area contributed by atoms with Crippen LogP contribution in [0.2, 0.25) is 0 Å². The second kappa shape index (κ2) is 5.85. The molecule has 0 aromatic heterocycles. The highest BCUT2D eigenvalue weighted by molar-refractivity contribution is 5.69. The van der Waals surface area contributed by atoms with Crippen molar-refractivity contribution < 1.29 is 9.90 Å². The van der Waals surface area contributed by atoms with Crippen molar-refractivity contribution in [3.05, 3.63) is 0 Å². The summed E-state index contributed by atoms with van der Waals surface area (Å²) in [5.74, 6) is 3.28. The largest absolute Gasteiger partial charge is 0.481 e. The van der Waals surface area contributed by atoms with E-state index in [1.165, 1.54) is 57.8 Å². The molecule has 3 saturated carbocycles. The number of aliphatic carboxylic acids is 1. The number of carbonyl (C=O) groups is 1. The van der Waals surface area contributed by atoms with Crippen LogP contribution >= 0.6 is 0 Å². The zero-order chi connectivity index (χ0) is 13.2. The zero-order valence-corrected chi connectivity index (χ0v) is 12.0. The molecule has 0 amide bonds. The lowest BCUT2D eigenvalue weighted by atomic mass is 9.64. The standard InChI is InChI=1S/C17H28O2/c18-17(19)16-10-8-15(9-11-16)14-6-4-13(5-7-14)12-2-1-3-12/h12-16H,1-11H2,(H,18,19). The fourth-order valence-corrected chi connectivity index (χ4v) is 4.84. The fraction of sp³-hybridized carbons (Fsp3) is 0.941. The summed E-state index contributed by atoms with van der Waals surface area (Å²) in [6.07, 6.45) is 14.5. The van der Waals surface area contributed by atoms with Crippen molar-refractivity contribution in [2.45, 2.75) is 70.6 Å². The molecule has 0 radical (unpaired) electrons. The molecular weight excluding hydrogens is 236 g/mol. The molecule has 0 spiro atoms. The molecular formula is C17H28O2. The first-order chi connectivity index (χ1) is 9.24. The van der Waals surface area contributed by atoms with Crippen LogP contribution in [0.4, 0.5) is 0 Å². The number of hydrogen-bond donors (Lipinski definition) is 1. The first kappa shape index (κ1) is 13.5. The van der Waals surface area contributed by atoms with Crippen LogP contribution in [-0.2, 0) is 4.79 Å². The highest BCUT2D eigenvalue weighted by Gasteiger charge is 2.35. The van der Waals surface area contributed by atoms with Gasteiger partial charge in [0, 0.05) is 0 Å². The fourth-order valence-electron chi connectivity index (χ4n) is 4.84. The maximum atomic E-state index is 11.0. The Bertz CT molecular complexity index is 305. The van der Waals surface area contributed by atoms with Crippen LogP contribution in [-0.4, -0.2) is 11.1 Å². The molecule has 0 aromatic rings. The minimum Gasteiger partial charge on any atom is -0.481 e. The van der Waals surface area contributed by atoms with E-state index in [9.17, 15) is 4.79 Å². The maximum absolute atomic E-state index is 11.0. The normalized spacial score (nSPS) is 40.6. The third kappa shape index (κ3) is 2.98. The summed E-state index contributed by atoms with van der Waals surface area (Å²) in [5.41, 5.74) is 0. The van der Waals surface area contributed by atoms with Gasteiger partial charge in [0.15, 0.2) is 0 Å². The molecule has 3 aliphatic carbocycles. The Hall–Kier alpha value is -0.530. The molecule has 0 aromatic carbocycles. The van der Waals surface area contributed by atoms with Crippen molar-refractivity contribution in [3.63, 3.8) is 0 Å². The van der Waals surface area contributed by atoms with Gasteiger partial charge in [-0.3, -0.25) is 4.79 Å². The van der Waals surface area contributed by atoms with E-state index in [0.29, 0.717) is 0 Å². The van der Waals surface area contributed by atoms with Crippen molar-refractivity contribution in [1.82, 2.24) is 0 Å². The zero-order valence-electron chi connectivity index (χ0n) is 12.0. The SMILES string of the molecule is O=C(O)C1CCC(C2CCC(C3CCC3)CC2)CC1. The quantitative estimate of drug-likeness (QED) is 0.815. The van der Waals surface area contributed by atoms with Gasteiger partial charge in [-0.25, -0.2) is 0 Å². The molecule has 2 heteroatoms. The topological polar surface area (TPSA) is 37.3 Å². The van der Waals surface area contributed by atoms with Crippen molar-refractivity contribution >= 4 is 5.97 Å². The van der Waals surface area contributed by atoms with Crippen LogP contribution in [0.15, 0.2) is 0 Å². The van der Waals surface area contributed by atoms with E-state index in [4.69, 9.17) is 5.11 Å². The smallest absolute Gasteiger partial charge is 0.306 e. The van der Waals surface area contributed by atoms with E-state index in [2.05, 4.69) is 0 Å². The summed E-state index contributed by atoms with van der Waals surface area (Å²) >= 11 is 0. The van der Waals surface area contributed by atoms with Gasteiger partial charge in [-0.2, -0.15) is 0 Å². The summed E-state index contributed by atoms with van der Waals surface area (Å²) in [4.78, 5) is 11.0. The summed E-state index contributed by atoms with van der Waals surface area (Å²) in [6.45, 7) is 0. The van der Waals surface area contributed by atoms with Crippen LogP contribution in [0.25, 0.3) is 0 Å². The van der Waals surface area contributed by atoms with Gasteiger partial charge in [0.25, 0.3) is 0 Å². The summed E-state index contributed by atoms with van der Waals surface area (Å²) < 4.78 is 0. The van der Waals surface area contributed by atoms with Gasteiger partial charge < -0.3 is 5.11 Å². The molecule has 108 valence electrons. The Balaban J connectivity index is 1.43. The van der Waals surface area contributed by atoms with Crippen LogP contribution in [0.5, 0.6) is 0 Å². The molecule has 0 atom stereocenters. The second-order valence-electron chi connectivity index (χ2n) is 7.32. The van der Waals surface area contributed by atoms with Crippen molar-refractivity contribution in [2.24, 2.45) is 29.6 Å². The lowest BCUT2D eigenvalue weighted by Gasteiger charge is -2.41. The third-order valence-corrected chi connectivity index (χ3v) is 6.42. The Labute approximate surface area is 117 Å². The monoisotopic (exact) mass is 264 g/mol. The lowest BCUT2D eigenvalue weighted by molar-refractivity contribution is -0.143. The molecule has 19 heavy (non-hydrogen) atoms. The van der Waals surface area contributed by atoms with Gasteiger partial charge in [-0.15, -0.1) is 0 Å². The molecule has 1 N–H and O–H groups in total. The highest BCUT2D eigenvalue weighted by Crippen LogP contribution is 2.46. The number of hydrogen-bond acceptors (Lipinski definition) is 1. The van der Waals surface area contributed by atoms with Crippen molar-refractivity contribution in [1.29, 1.82) is 0 Å². The molecule has 0 saturated heterocycles. The van der Waals surface area contributed by atoms with Crippen molar-refractivity contribution in [3.8, 4) is 0 Å². The van der Waals surface area contributed by atoms with Crippen molar-refractivity contribution in [2.75, 3.05) is 0 Å². The van der Waals surface area contributed by atoms with Gasteiger partial charge >= 0.3 is 5.97 Å². The maximum Gasteiger partial charge on any atom is 0.306 e. The average Bonchev–Trinajstić information content (AvgIpc) is 2.38. The Morgan fingerprint density at radius 3 is 1.32 bits per heavy atom. The lowest BCUT2D eigenvalue weighted by Crippen LogP contribution is -2.31. The van der Waals surface area contributed by atoms with E-state index in [0.717, 1.165) is 36.5 Å². The van der Waals surface area contributed by atoms with Gasteiger partial charge in [-0.05, 0) is 75.0 Å². The minimum absolute atomic E-state index is 0.0393. The molecule has 3 fully saturated rings. The minimum atomic E-state index is -0.563. The Morgan fingerprint density at radius 2 is 1.00 bits per heavy atom. The first-order valence-electron chi connectivity index (χ1n) is 8.47. The number of carboxylic acids is 1.